The standard InChI is InChI=1S/C54H42N2/c1-2-3-4-16-41-55(48-33-25-44(26-34-48)42-17-8-5-9-18-42)49-35-29-46(30-36-49)53-23-14-15-24-54(53)47-31-39-52(40-32-47)56(50-21-12-7-13-22-50)51-37-27-45(28-38-51)43-19-10-6-11-20-43/h2-41H,1H2/b4-3-,41-16+. The number of para-hydroxylation sites is 1. The Morgan fingerprint density at radius 1 is 0.286 bits per heavy atom. The maximum absolute atomic E-state index is 3.81. The van der Waals surface area contributed by atoms with Crippen molar-refractivity contribution in [3.8, 4) is 44.5 Å². The van der Waals surface area contributed by atoms with E-state index in [-0.39, 0.29) is 0 Å². The van der Waals surface area contributed by atoms with Crippen molar-refractivity contribution in [1.82, 2.24) is 0 Å². The molecule has 0 heterocycles. The quantitative estimate of drug-likeness (QED) is 0.116. The zero-order valence-electron chi connectivity index (χ0n) is 31.2. The van der Waals surface area contributed by atoms with Crippen LogP contribution in [-0.4, -0.2) is 0 Å². The Morgan fingerprint density at radius 3 is 1.05 bits per heavy atom. The van der Waals surface area contributed by atoms with Crippen LogP contribution in [0.1, 0.15) is 0 Å². The van der Waals surface area contributed by atoms with E-state index in [4.69, 9.17) is 0 Å². The molecule has 0 radical (unpaired) electrons. The predicted molar refractivity (Wildman–Crippen MR) is 240 cm³/mol. The summed E-state index contributed by atoms with van der Waals surface area (Å²) in [6, 6.07) is 75.5. The number of hydrogen-bond donors (Lipinski definition) is 0. The molecule has 2 nitrogen and oxygen atoms in total. The third-order valence-electron chi connectivity index (χ3n) is 9.91. The molecule has 0 bridgehead atoms. The van der Waals surface area contributed by atoms with Crippen molar-refractivity contribution in [2.24, 2.45) is 0 Å². The summed E-state index contributed by atoms with van der Waals surface area (Å²) in [5, 5.41) is 0. The number of allylic oxidation sites excluding steroid dienone is 4. The number of nitrogens with zero attached hydrogens (tertiary/aromatic N) is 2. The summed E-state index contributed by atoms with van der Waals surface area (Å²) in [5.41, 5.74) is 15.0. The van der Waals surface area contributed by atoms with E-state index in [0.29, 0.717) is 0 Å². The fourth-order valence-electron chi connectivity index (χ4n) is 7.08. The van der Waals surface area contributed by atoms with E-state index >= 15 is 0 Å². The number of hydrogen-bond acceptors (Lipinski definition) is 2. The molecule has 0 amide bonds. The third kappa shape index (κ3) is 8.06. The molecule has 0 unspecified atom stereocenters. The molecule has 0 saturated carbocycles. The second-order valence-electron chi connectivity index (χ2n) is 13.5. The molecule has 0 aliphatic carbocycles. The molecular weight excluding hydrogens is 677 g/mol. The summed E-state index contributed by atoms with van der Waals surface area (Å²) < 4.78 is 0. The molecule has 8 aromatic carbocycles. The predicted octanol–water partition coefficient (Wildman–Crippen LogP) is 15.2. The molecule has 0 aromatic heterocycles. The van der Waals surface area contributed by atoms with Gasteiger partial charge in [-0.05, 0) is 111 Å². The summed E-state index contributed by atoms with van der Waals surface area (Å²) in [6.45, 7) is 3.81. The lowest BCUT2D eigenvalue weighted by Crippen LogP contribution is -2.09. The second-order valence-corrected chi connectivity index (χ2v) is 13.5. The minimum Gasteiger partial charge on any atom is -0.317 e. The highest BCUT2D eigenvalue weighted by Gasteiger charge is 2.15. The van der Waals surface area contributed by atoms with Gasteiger partial charge in [0.05, 0.1) is 0 Å². The molecule has 0 N–H and O–H groups in total. The first-order valence-corrected chi connectivity index (χ1v) is 19.0. The number of rotatable bonds is 12. The van der Waals surface area contributed by atoms with Crippen molar-refractivity contribution >= 4 is 28.4 Å². The van der Waals surface area contributed by atoms with E-state index in [1.807, 2.05) is 24.3 Å². The molecule has 0 fully saturated rings. The smallest absolute Gasteiger partial charge is 0.0462 e. The highest BCUT2D eigenvalue weighted by Crippen LogP contribution is 2.39. The van der Waals surface area contributed by atoms with Crippen LogP contribution in [0, 0.1) is 0 Å². The van der Waals surface area contributed by atoms with Gasteiger partial charge in [0.15, 0.2) is 0 Å². The lowest BCUT2D eigenvalue weighted by molar-refractivity contribution is 1.28. The first-order chi connectivity index (χ1) is 27.7. The van der Waals surface area contributed by atoms with Crippen LogP contribution in [0.3, 0.4) is 0 Å². The van der Waals surface area contributed by atoms with Gasteiger partial charge in [-0.3, -0.25) is 0 Å². The number of anilines is 5. The topological polar surface area (TPSA) is 6.48 Å². The van der Waals surface area contributed by atoms with Crippen LogP contribution < -0.4 is 9.80 Å². The highest BCUT2D eigenvalue weighted by molar-refractivity contribution is 5.86. The van der Waals surface area contributed by atoms with Crippen molar-refractivity contribution in [3.05, 3.63) is 249 Å². The summed E-state index contributed by atoms with van der Waals surface area (Å²) in [4.78, 5) is 4.52. The van der Waals surface area contributed by atoms with Crippen LogP contribution in [0.2, 0.25) is 0 Å². The highest BCUT2D eigenvalue weighted by atomic mass is 15.1. The van der Waals surface area contributed by atoms with Crippen molar-refractivity contribution in [2.45, 2.75) is 0 Å². The Kier molecular flexibility index (Phi) is 10.9. The third-order valence-corrected chi connectivity index (χ3v) is 9.91. The lowest BCUT2D eigenvalue weighted by atomic mass is 9.94. The van der Waals surface area contributed by atoms with Crippen LogP contribution in [-0.2, 0) is 0 Å². The maximum atomic E-state index is 3.81. The van der Waals surface area contributed by atoms with Gasteiger partial charge in [0, 0.05) is 34.6 Å². The van der Waals surface area contributed by atoms with Crippen LogP contribution in [0.4, 0.5) is 28.4 Å². The molecule has 0 aliphatic rings. The van der Waals surface area contributed by atoms with Crippen molar-refractivity contribution in [3.63, 3.8) is 0 Å². The average molecular weight is 719 g/mol. The van der Waals surface area contributed by atoms with Gasteiger partial charge in [0.2, 0.25) is 0 Å². The van der Waals surface area contributed by atoms with Gasteiger partial charge in [-0.2, -0.15) is 0 Å². The van der Waals surface area contributed by atoms with E-state index in [1.54, 1.807) is 6.08 Å². The van der Waals surface area contributed by atoms with Gasteiger partial charge < -0.3 is 9.80 Å². The zero-order valence-corrected chi connectivity index (χ0v) is 31.2. The summed E-state index contributed by atoms with van der Waals surface area (Å²) in [6.07, 6.45) is 9.85. The van der Waals surface area contributed by atoms with Crippen LogP contribution in [0.15, 0.2) is 249 Å². The van der Waals surface area contributed by atoms with E-state index in [9.17, 15) is 0 Å². The van der Waals surface area contributed by atoms with Crippen LogP contribution >= 0.6 is 0 Å². The fraction of sp³-hybridized carbons (Fsp3) is 0. The van der Waals surface area contributed by atoms with E-state index < -0.39 is 0 Å². The molecular formula is C54H42N2. The van der Waals surface area contributed by atoms with Gasteiger partial charge >= 0.3 is 0 Å². The second kappa shape index (κ2) is 17.2. The lowest BCUT2D eigenvalue weighted by Gasteiger charge is -2.26. The first kappa shape index (κ1) is 35.6. The summed E-state index contributed by atoms with van der Waals surface area (Å²) >= 11 is 0. The Labute approximate surface area is 330 Å². The SMILES string of the molecule is C=C/C=C\C=C\N(c1ccc(-c2ccccc2)cc1)c1ccc(-c2ccccc2-c2ccc(N(c3ccccc3)c3ccc(-c4ccccc4)cc3)cc2)cc1. The molecule has 0 spiro atoms. The minimum absolute atomic E-state index is 1.07. The van der Waals surface area contributed by atoms with Crippen molar-refractivity contribution in [2.75, 3.05) is 9.80 Å². The van der Waals surface area contributed by atoms with E-state index in [1.165, 1.54) is 33.4 Å². The number of benzene rings is 8. The van der Waals surface area contributed by atoms with Gasteiger partial charge in [0.25, 0.3) is 0 Å². The van der Waals surface area contributed by atoms with E-state index in [2.05, 4.69) is 229 Å². The van der Waals surface area contributed by atoms with Gasteiger partial charge in [0.1, 0.15) is 0 Å². The normalized spacial score (nSPS) is 11.1. The molecule has 0 atom stereocenters. The molecule has 8 rings (SSSR count). The van der Waals surface area contributed by atoms with Crippen LogP contribution in [0.5, 0.6) is 0 Å². The maximum Gasteiger partial charge on any atom is 0.0462 e. The summed E-state index contributed by atoms with van der Waals surface area (Å²) in [7, 11) is 0. The van der Waals surface area contributed by atoms with Crippen molar-refractivity contribution < 1.29 is 0 Å². The minimum atomic E-state index is 1.07. The Hall–Kier alpha value is -7.42. The largest absolute Gasteiger partial charge is 0.317 e. The zero-order chi connectivity index (χ0) is 37.9. The van der Waals surface area contributed by atoms with Crippen LogP contribution in [0.25, 0.3) is 44.5 Å². The van der Waals surface area contributed by atoms with E-state index in [0.717, 1.165) is 39.6 Å². The summed E-state index contributed by atoms with van der Waals surface area (Å²) in [5.74, 6) is 0. The monoisotopic (exact) mass is 718 g/mol. The van der Waals surface area contributed by atoms with Gasteiger partial charge in [-0.25, -0.2) is 0 Å². The molecule has 268 valence electrons. The molecule has 2 heteroatoms. The van der Waals surface area contributed by atoms with Gasteiger partial charge in [-0.15, -0.1) is 0 Å². The van der Waals surface area contributed by atoms with Gasteiger partial charge in [-0.1, -0.05) is 176 Å². The Morgan fingerprint density at radius 2 is 0.625 bits per heavy atom. The van der Waals surface area contributed by atoms with Crippen molar-refractivity contribution in [1.29, 1.82) is 0 Å². The molecule has 56 heavy (non-hydrogen) atoms. The average Bonchev–Trinajstić information content (AvgIpc) is 3.28. The molecule has 8 aromatic rings. The Bertz CT molecular complexity index is 2540. The Balaban J connectivity index is 1.08. The first-order valence-electron chi connectivity index (χ1n) is 19.0. The molecule has 0 saturated heterocycles. The fourth-order valence-corrected chi connectivity index (χ4v) is 7.08. The molecule has 0 aliphatic heterocycles.